The molecule has 0 heterocycles. The molecular weight excluding hydrogens is 342 g/mol. The minimum Gasteiger partial charge on any atom is -0.324 e. The monoisotopic (exact) mass is 359 g/mol. The smallest absolute Gasteiger partial charge is 0.0324 e. The molecule has 0 aliphatic heterocycles. The quantitative estimate of drug-likeness (QED) is 0.722. The van der Waals surface area contributed by atoms with Crippen molar-refractivity contribution < 1.29 is 0 Å². The van der Waals surface area contributed by atoms with Gasteiger partial charge in [0.25, 0.3) is 0 Å². The molecule has 3 heteroatoms. The SMILES string of the molecule is NC(c1cc(Br)cc(Br)c1)C1CCCCCC1. The van der Waals surface area contributed by atoms with E-state index < -0.39 is 0 Å². The van der Waals surface area contributed by atoms with Crippen molar-refractivity contribution in [2.24, 2.45) is 11.7 Å². The molecule has 1 aromatic rings. The lowest BCUT2D eigenvalue weighted by Gasteiger charge is -2.23. The predicted molar refractivity (Wildman–Crippen MR) is 80.0 cm³/mol. The summed E-state index contributed by atoms with van der Waals surface area (Å²) in [5.41, 5.74) is 7.68. The standard InChI is InChI=1S/C14H19Br2N/c15-12-7-11(8-13(16)9-12)14(17)10-5-3-1-2-4-6-10/h7-10,14H,1-6,17H2. The Morgan fingerprint density at radius 2 is 1.47 bits per heavy atom. The molecule has 0 bridgehead atoms. The van der Waals surface area contributed by atoms with Crippen LogP contribution in [0.4, 0.5) is 0 Å². The molecule has 1 fully saturated rings. The lowest BCUT2D eigenvalue weighted by Crippen LogP contribution is -2.21. The lowest BCUT2D eigenvalue weighted by molar-refractivity contribution is 0.382. The fraction of sp³-hybridized carbons (Fsp3) is 0.571. The van der Waals surface area contributed by atoms with Crippen LogP contribution in [0.3, 0.4) is 0 Å². The minimum atomic E-state index is 0.182. The zero-order valence-corrected chi connectivity index (χ0v) is 13.1. The molecule has 1 unspecified atom stereocenters. The van der Waals surface area contributed by atoms with Crippen LogP contribution < -0.4 is 5.73 Å². The molecule has 1 aliphatic rings. The van der Waals surface area contributed by atoms with E-state index in [0.717, 1.165) is 8.95 Å². The van der Waals surface area contributed by atoms with E-state index in [4.69, 9.17) is 5.73 Å². The highest BCUT2D eigenvalue weighted by molar-refractivity contribution is 9.11. The van der Waals surface area contributed by atoms with Crippen molar-refractivity contribution >= 4 is 31.9 Å². The van der Waals surface area contributed by atoms with Gasteiger partial charge in [-0.05, 0) is 42.5 Å². The molecule has 0 radical (unpaired) electrons. The lowest BCUT2D eigenvalue weighted by atomic mass is 9.88. The Hall–Kier alpha value is 0.140. The van der Waals surface area contributed by atoms with E-state index >= 15 is 0 Å². The third kappa shape index (κ3) is 3.80. The molecule has 0 amide bonds. The maximum absolute atomic E-state index is 6.44. The predicted octanol–water partition coefficient (Wildman–Crippen LogP) is 5.18. The second-order valence-corrected chi connectivity index (χ2v) is 6.81. The van der Waals surface area contributed by atoms with Crippen molar-refractivity contribution in [2.45, 2.75) is 44.6 Å². The second kappa shape index (κ2) is 6.35. The normalized spacial score (nSPS) is 19.9. The van der Waals surface area contributed by atoms with Gasteiger partial charge in [-0.2, -0.15) is 0 Å². The zero-order chi connectivity index (χ0) is 12.3. The van der Waals surface area contributed by atoms with Gasteiger partial charge in [-0.3, -0.25) is 0 Å². The summed E-state index contributed by atoms with van der Waals surface area (Å²) >= 11 is 7.07. The Labute approximate surface area is 120 Å². The van der Waals surface area contributed by atoms with Crippen molar-refractivity contribution in [1.82, 2.24) is 0 Å². The molecule has 0 saturated heterocycles. The van der Waals surface area contributed by atoms with Crippen LogP contribution in [0.2, 0.25) is 0 Å². The van der Waals surface area contributed by atoms with Crippen LogP contribution in [-0.2, 0) is 0 Å². The van der Waals surface area contributed by atoms with Crippen LogP contribution in [0.15, 0.2) is 27.1 Å². The number of hydrogen-bond donors (Lipinski definition) is 1. The first-order valence-corrected chi connectivity index (χ1v) is 7.97. The number of rotatable bonds is 2. The molecule has 1 atom stereocenters. The van der Waals surface area contributed by atoms with E-state index in [2.05, 4.69) is 50.1 Å². The molecule has 1 saturated carbocycles. The van der Waals surface area contributed by atoms with Gasteiger partial charge in [-0.15, -0.1) is 0 Å². The van der Waals surface area contributed by atoms with Crippen LogP contribution in [0.1, 0.15) is 50.1 Å². The summed E-state index contributed by atoms with van der Waals surface area (Å²) in [6, 6.07) is 6.55. The fourth-order valence-electron chi connectivity index (χ4n) is 2.71. The Balaban J connectivity index is 2.14. The highest BCUT2D eigenvalue weighted by Gasteiger charge is 2.21. The van der Waals surface area contributed by atoms with Gasteiger partial charge in [0.05, 0.1) is 0 Å². The first kappa shape index (κ1) is 13.6. The van der Waals surface area contributed by atoms with E-state index in [1.54, 1.807) is 0 Å². The van der Waals surface area contributed by atoms with E-state index in [1.165, 1.54) is 44.1 Å². The number of nitrogens with two attached hydrogens (primary N) is 1. The van der Waals surface area contributed by atoms with Crippen molar-refractivity contribution in [2.75, 3.05) is 0 Å². The number of hydrogen-bond acceptors (Lipinski definition) is 1. The third-order valence-electron chi connectivity index (χ3n) is 3.68. The third-order valence-corrected chi connectivity index (χ3v) is 4.59. The van der Waals surface area contributed by atoms with E-state index in [9.17, 15) is 0 Å². The summed E-state index contributed by atoms with van der Waals surface area (Å²) in [5.74, 6) is 0.652. The van der Waals surface area contributed by atoms with Crippen LogP contribution in [0.5, 0.6) is 0 Å². The molecule has 1 nitrogen and oxygen atoms in total. The average molecular weight is 361 g/mol. The van der Waals surface area contributed by atoms with Gasteiger partial charge in [-0.1, -0.05) is 57.5 Å². The van der Waals surface area contributed by atoms with Crippen LogP contribution >= 0.6 is 31.9 Å². The van der Waals surface area contributed by atoms with Crippen molar-refractivity contribution in [3.8, 4) is 0 Å². The average Bonchev–Trinajstić information content (AvgIpc) is 2.55. The van der Waals surface area contributed by atoms with Crippen molar-refractivity contribution in [3.05, 3.63) is 32.7 Å². The van der Waals surface area contributed by atoms with Crippen molar-refractivity contribution in [1.29, 1.82) is 0 Å². The molecule has 0 aromatic heterocycles. The second-order valence-electron chi connectivity index (χ2n) is 4.98. The highest BCUT2D eigenvalue weighted by Crippen LogP contribution is 2.34. The summed E-state index contributed by atoms with van der Waals surface area (Å²) in [6.07, 6.45) is 8.01. The molecule has 2 rings (SSSR count). The summed E-state index contributed by atoms with van der Waals surface area (Å²) in [7, 11) is 0. The van der Waals surface area contributed by atoms with Gasteiger partial charge in [-0.25, -0.2) is 0 Å². The molecule has 2 N–H and O–H groups in total. The topological polar surface area (TPSA) is 26.0 Å². The van der Waals surface area contributed by atoms with Gasteiger partial charge >= 0.3 is 0 Å². The fourth-order valence-corrected chi connectivity index (χ4v) is 4.04. The first-order valence-electron chi connectivity index (χ1n) is 6.38. The maximum Gasteiger partial charge on any atom is 0.0324 e. The van der Waals surface area contributed by atoms with Crippen LogP contribution in [0.25, 0.3) is 0 Å². The molecule has 94 valence electrons. The Bertz CT molecular complexity index is 350. The van der Waals surface area contributed by atoms with Gasteiger partial charge in [0.2, 0.25) is 0 Å². The molecular formula is C14H19Br2N. The highest BCUT2D eigenvalue weighted by atomic mass is 79.9. The van der Waals surface area contributed by atoms with Gasteiger partial charge in [0.15, 0.2) is 0 Å². The largest absolute Gasteiger partial charge is 0.324 e. The summed E-state index contributed by atoms with van der Waals surface area (Å²) in [6.45, 7) is 0. The summed E-state index contributed by atoms with van der Waals surface area (Å²) in [4.78, 5) is 0. The Kier molecular flexibility index (Phi) is 5.07. The van der Waals surface area contributed by atoms with E-state index in [-0.39, 0.29) is 6.04 Å². The van der Waals surface area contributed by atoms with Crippen LogP contribution in [-0.4, -0.2) is 0 Å². The summed E-state index contributed by atoms with van der Waals surface area (Å²) in [5, 5.41) is 0. The molecule has 1 aromatic carbocycles. The summed E-state index contributed by atoms with van der Waals surface area (Å²) < 4.78 is 2.21. The first-order chi connectivity index (χ1) is 8.16. The van der Waals surface area contributed by atoms with E-state index in [1.807, 2.05) is 0 Å². The number of benzene rings is 1. The van der Waals surface area contributed by atoms with E-state index in [0.29, 0.717) is 5.92 Å². The van der Waals surface area contributed by atoms with Gasteiger partial charge < -0.3 is 5.73 Å². The molecule has 0 spiro atoms. The zero-order valence-electron chi connectivity index (χ0n) is 9.96. The van der Waals surface area contributed by atoms with Crippen LogP contribution in [0, 0.1) is 5.92 Å². The van der Waals surface area contributed by atoms with Crippen molar-refractivity contribution in [3.63, 3.8) is 0 Å². The van der Waals surface area contributed by atoms with Gasteiger partial charge in [0, 0.05) is 15.0 Å². The maximum atomic E-state index is 6.44. The van der Waals surface area contributed by atoms with Gasteiger partial charge in [0.1, 0.15) is 0 Å². The minimum absolute atomic E-state index is 0.182. The Morgan fingerprint density at radius 3 is 2.00 bits per heavy atom. The Morgan fingerprint density at radius 1 is 0.941 bits per heavy atom. The number of halogens is 2. The molecule has 1 aliphatic carbocycles. The molecule has 17 heavy (non-hydrogen) atoms.